The van der Waals surface area contributed by atoms with Gasteiger partial charge in [0.15, 0.2) is 9.84 Å². The first-order chi connectivity index (χ1) is 12.9. The molecular formula is C20H21NO5S. The van der Waals surface area contributed by atoms with Crippen LogP contribution in [0.1, 0.15) is 34.9 Å². The third-order valence-corrected chi connectivity index (χ3v) is 5.63. The van der Waals surface area contributed by atoms with Crippen LogP contribution < -0.4 is 0 Å². The van der Waals surface area contributed by atoms with Crippen LogP contribution in [0.25, 0.3) is 0 Å². The Labute approximate surface area is 158 Å². The predicted octanol–water partition coefficient (Wildman–Crippen LogP) is 2.61. The Kier molecular flexibility index (Phi) is 5.60. The average molecular weight is 387 g/mol. The minimum Gasteiger partial charge on any atom is -0.444 e. The molecular weight excluding hydrogens is 366 g/mol. The molecule has 0 N–H and O–H groups in total. The number of benzene rings is 2. The Morgan fingerprint density at radius 3 is 2.19 bits per heavy atom. The van der Waals surface area contributed by atoms with Gasteiger partial charge in [-0.05, 0) is 25.0 Å². The maximum Gasteiger partial charge on any atom is 0.340 e. The van der Waals surface area contributed by atoms with Crippen molar-refractivity contribution in [1.29, 1.82) is 0 Å². The summed E-state index contributed by atoms with van der Waals surface area (Å²) in [5, 5.41) is 0. The van der Waals surface area contributed by atoms with Gasteiger partial charge in [-0.15, -0.1) is 0 Å². The predicted molar refractivity (Wildman–Crippen MR) is 100.0 cm³/mol. The number of carbonyl (C=O) groups is 2. The fourth-order valence-electron chi connectivity index (χ4n) is 3.12. The lowest BCUT2D eigenvalue weighted by atomic mass is 10.1. The van der Waals surface area contributed by atoms with E-state index < -0.39 is 21.9 Å². The van der Waals surface area contributed by atoms with Crippen LogP contribution in [0.5, 0.6) is 0 Å². The summed E-state index contributed by atoms with van der Waals surface area (Å²) in [6.07, 6.45) is 1.75. The van der Waals surface area contributed by atoms with Crippen molar-refractivity contribution >= 4 is 21.7 Å². The third kappa shape index (κ3) is 4.36. The van der Waals surface area contributed by atoms with Gasteiger partial charge in [-0.3, -0.25) is 4.79 Å². The largest absolute Gasteiger partial charge is 0.444 e. The maximum absolute atomic E-state index is 12.9. The maximum atomic E-state index is 12.9. The van der Waals surface area contributed by atoms with Crippen LogP contribution in [0, 0.1) is 0 Å². The molecule has 1 unspecified atom stereocenters. The summed E-state index contributed by atoms with van der Waals surface area (Å²) in [5.41, 5.74) is 0.481. The summed E-state index contributed by atoms with van der Waals surface area (Å²) in [7, 11) is -3.61. The molecule has 1 amide bonds. The molecule has 0 bridgehead atoms. The second-order valence-electron chi connectivity index (χ2n) is 6.50. The molecule has 3 rings (SSSR count). The van der Waals surface area contributed by atoms with Crippen molar-refractivity contribution in [3.8, 4) is 0 Å². The van der Waals surface area contributed by atoms with E-state index in [4.69, 9.17) is 4.74 Å². The van der Waals surface area contributed by atoms with Gasteiger partial charge >= 0.3 is 5.97 Å². The molecule has 142 valence electrons. The SMILES string of the molecule is CS(=O)(=O)c1ccccc1C(=O)OC(C(=O)N1CCCC1)c1ccccc1. The minimum atomic E-state index is -3.61. The molecule has 1 aliphatic rings. The van der Waals surface area contributed by atoms with Crippen LogP contribution in [-0.2, 0) is 19.4 Å². The Morgan fingerprint density at radius 2 is 1.56 bits per heavy atom. The second kappa shape index (κ2) is 7.92. The van der Waals surface area contributed by atoms with Crippen LogP contribution in [-0.4, -0.2) is 44.5 Å². The quantitative estimate of drug-likeness (QED) is 0.737. The number of hydrogen-bond donors (Lipinski definition) is 0. The highest BCUT2D eigenvalue weighted by Crippen LogP contribution is 2.25. The molecule has 1 saturated heterocycles. The molecule has 0 aromatic heterocycles. The van der Waals surface area contributed by atoms with Crippen molar-refractivity contribution in [3.63, 3.8) is 0 Å². The Morgan fingerprint density at radius 1 is 0.963 bits per heavy atom. The van der Waals surface area contributed by atoms with Gasteiger partial charge in [0.05, 0.1) is 10.5 Å². The highest BCUT2D eigenvalue weighted by molar-refractivity contribution is 7.90. The fraction of sp³-hybridized carbons (Fsp3) is 0.300. The lowest BCUT2D eigenvalue weighted by molar-refractivity contribution is -0.140. The molecule has 6 nitrogen and oxygen atoms in total. The van der Waals surface area contributed by atoms with E-state index in [0.29, 0.717) is 18.7 Å². The van der Waals surface area contributed by atoms with E-state index in [1.807, 2.05) is 6.07 Å². The number of ether oxygens (including phenoxy) is 1. The summed E-state index contributed by atoms with van der Waals surface area (Å²) in [6.45, 7) is 1.25. The number of likely N-dealkylation sites (tertiary alicyclic amines) is 1. The zero-order valence-corrected chi connectivity index (χ0v) is 15.8. The molecule has 0 radical (unpaired) electrons. The third-order valence-electron chi connectivity index (χ3n) is 4.48. The number of amides is 1. The second-order valence-corrected chi connectivity index (χ2v) is 8.48. The normalized spacial score (nSPS) is 15.4. The molecule has 1 aliphatic heterocycles. The summed E-state index contributed by atoms with van der Waals surface area (Å²) in [5.74, 6) is -1.12. The smallest absolute Gasteiger partial charge is 0.340 e. The van der Waals surface area contributed by atoms with E-state index in [-0.39, 0.29) is 16.4 Å². The van der Waals surface area contributed by atoms with Gasteiger partial charge in [0.2, 0.25) is 6.10 Å². The van der Waals surface area contributed by atoms with Crippen LogP contribution in [0.4, 0.5) is 0 Å². The van der Waals surface area contributed by atoms with Crippen LogP contribution in [0.15, 0.2) is 59.5 Å². The average Bonchev–Trinajstić information content (AvgIpc) is 3.20. The number of hydrogen-bond acceptors (Lipinski definition) is 5. The standard InChI is InChI=1S/C20H21NO5S/c1-27(24,25)17-12-6-5-11-16(17)20(23)26-18(15-9-3-2-4-10-15)19(22)21-13-7-8-14-21/h2-6,9-12,18H,7-8,13-14H2,1H3. The highest BCUT2D eigenvalue weighted by atomic mass is 32.2. The van der Waals surface area contributed by atoms with Crippen molar-refractivity contribution in [1.82, 2.24) is 4.90 Å². The molecule has 0 spiro atoms. The molecule has 27 heavy (non-hydrogen) atoms. The van der Waals surface area contributed by atoms with Gasteiger partial charge in [-0.25, -0.2) is 13.2 Å². The molecule has 1 heterocycles. The molecule has 1 atom stereocenters. The summed E-state index contributed by atoms with van der Waals surface area (Å²) >= 11 is 0. The zero-order chi connectivity index (χ0) is 19.4. The van der Waals surface area contributed by atoms with Crippen molar-refractivity contribution < 1.29 is 22.7 Å². The first-order valence-electron chi connectivity index (χ1n) is 8.72. The van der Waals surface area contributed by atoms with Gasteiger partial charge in [-0.2, -0.15) is 0 Å². The molecule has 7 heteroatoms. The van der Waals surface area contributed by atoms with E-state index in [0.717, 1.165) is 19.1 Å². The Balaban J connectivity index is 1.93. The van der Waals surface area contributed by atoms with Crippen molar-refractivity contribution in [2.24, 2.45) is 0 Å². The van der Waals surface area contributed by atoms with Crippen LogP contribution >= 0.6 is 0 Å². The van der Waals surface area contributed by atoms with Gasteiger partial charge in [0.1, 0.15) is 0 Å². The van der Waals surface area contributed by atoms with Gasteiger partial charge in [-0.1, -0.05) is 42.5 Å². The summed E-state index contributed by atoms with van der Waals surface area (Å²) in [4.78, 5) is 27.2. The van der Waals surface area contributed by atoms with Crippen LogP contribution in [0.2, 0.25) is 0 Å². The molecule has 0 aliphatic carbocycles. The van der Waals surface area contributed by atoms with E-state index in [1.54, 1.807) is 35.2 Å². The van der Waals surface area contributed by atoms with E-state index >= 15 is 0 Å². The molecule has 1 fully saturated rings. The monoisotopic (exact) mass is 387 g/mol. The van der Waals surface area contributed by atoms with Crippen molar-refractivity contribution in [2.45, 2.75) is 23.8 Å². The van der Waals surface area contributed by atoms with E-state index in [2.05, 4.69) is 0 Å². The number of carbonyl (C=O) groups excluding carboxylic acids is 2. The molecule has 2 aromatic carbocycles. The molecule has 0 saturated carbocycles. The number of nitrogens with zero attached hydrogens (tertiary/aromatic N) is 1. The number of sulfone groups is 1. The Hall–Kier alpha value is -2.67. The lowest BCUT2D eigenvalue weighted by Gasteiger charge is -2.23. The fourth-order valence-corrected chi connectivity index (χ4v) is 4.00. The first-order valence-corrected chi connectivity index (χ1v) is 10.6. The minimum absolute atomic E-state index is 0.0739. The van der Waals surface area contributed by atoms with Gasteiger partial charge < -0.3 is 9.64 Å². The van der Waals surface area contributed by atoms with E-state index in [1.165, 1.54) is 18.2 Å². The molecule has 2 aromatic rings. The lowest BCUT2D eigenvalue weighted by Crippen LogP contribution is -2.35. The number of rotatable bonds is 5. The Bertz CT molecular complexity index is 934. The first kappa shape index (κ1) is 19.1. The van der Waals surface area contributed by atoms with Crippen molar-refractivity contribution in [3.05, 3.63) is 65.7 Å². The summed E-state index contributed by atoms with van der Waals surface area (Å²) < 4.78 is 29.5. The van der Waals surface area contributed by atoms with Gasteiger partial charge in [0.25, 0.3) is 5.91 Å². The summed E-state index contributed by atoms with van der Waals surface area (Å²) in [6, 6.07) is 14.6. The zero-order valence-electron chi connectivity index (χ0n) is 15.0. The van der Waals surface area contributed by atoms with Crippen LogP contribution in [0.3, 0.4) is 0 Å². The van der Waals surface area contributed by atoms with E-state index in [9.17, 15) is 18.0 Å². The van der Waals surface area contributed by atoms with Crippen molar-refractivity contribution in [2.75, 3.05) is 19.3 Å². The van der Waals surface area contributed by atoms with Gasteiger partial charge in [0, 0.05) is 24.9 Å². The highest BCUT2D eigenvalue weighted by Gasteiger charge is 2.32. The number of esters is 1. The topological polar surface area (TPSA) is 80.7 Å².